The van der Waals surface area contributed by atoms with Crippen LogP contribution < -0.4 is 5.32 Å². The van der Waals surface area contributed by atoms with Gasteiger partial charge in [-0.25, -0.2) is 4.39 Å². The van der Waals surface area contributed by atoms with Gasteiger partial charge >= 0.3 is 0 Å². The highest BCUT2D eigenvalue weighted by atomic mass is 79.9. The van der Waals surface area contributed by atoms with E-state index in [2.05, 4.69) is 43.2 Å². The fourth-order valence-corrected chi connectivity index (χ4v) is 4.02. The Kier molecular flexibility index (Phi) is 4.13. The van der Waals surface area contributed by atoms with Crippen molar-refractivity contribution in [3.63, 3.8) is 0 Å². The van der Waals surface area contributed by atoms with E-state index in [1.54, 1.807) is 6.07 Å². The molecule has 1 N–H and O–H groups in total. The SMILES string of the molecule is O=C1CCc2cc(C(Br)c3ccc(F)cc3Br)ccc2N1. The maximum atomic E-state index is 13.2. The normalized spacial score (nSPS) is 15.3. The minimum atomic E-state index is -0.265. The lowest BCUT2D eigenvalue weighted by Crippen LogP contribution is -2.19. The Morgan fingerprint density at radius 3 is 2.71 bits per heavy atom. The molecule has 1 aliphatic rings. The van der Waals surface area contributed by atoms with Gasteiger partial charge in [-0.05, 0) is 41.3 Å². The first-order chi connectivity index (χ1) is 10.0. The van der Waals surface area contributed by atoms with E-state index in [1.165, 1.54) is 12.1 Å². The van der Waals surface area contributed by atoms with Crippen LogP contribution in [-0.4, -0.2) is 5.91 Å². The van der Waals surface area contributed by atoms with Crippen LogP contribution in [0.3, 0.4) is 0 Å². The van der Waals surface area contributed by atoms with Crippen LogP contribution >= 0.6 is 31.9 Å². The number of carbonyl (C=O) groups excluding carboxylic acids is 1. The Bertz CT molecular complexity index is 717. The van der Waals surface area contributed by atoms with Gasteiger partial charge in [0.1, 0.15) is 5.82 Å². The molecule has 0 saturated heterocycles. The first-order valence-corrected chi connectivity index (χ1v) is 8.27. The van der Waals surface area contributed by atoms with Crippen LogP contribution in [0.15, 0.2) is 40.9 Å². The summed E-state index contributed by atoms with van der Waals surface area (Å²) in [7, 11) is 0. The molecule has 2 nitrogen and oxygen atoms in total. The van der Waals surface area contributed by atoms with Crippen molar-refractivity contribution in [2.75, 3.05) is 5.32 Å². The molecule has 2 aromatic rings. The molecule has 1 amide bonds. The minimum Gasteiger partial charge on any atom is -0.326 e. The predicted molar refractivity (Wildman–Crippen MR) is 88.3 cm³/mol. The first-order valence-electron chi connectivity index (χ1n) is 6.56. The van der Waals surface area contributed by atoms with Gasteiger partial charge in [-0.3, -0.25) is 4.79 Å². The number of amides is 1. The zero-order valence-corrected chi connectivity index (χ0v) is 14.2. The molecular formula is C16H12Br2FNO. The van der Waals surface area contributed by atoms with Gasteiger partial charge in [-0.2, -0.15) is 0 Å². The van der Waals surface area contributed by atoms with E-state index < -0.39 is 0 Å². The average Bonchev–Trinajstić information content (AvgIpc) is 2.46. The summed E-state index contributed by atoms with van der Waals surface area (Å²) in [6.07, 6.45) is 1.27. The Labute approximate surface area is 139 Å². The molecule has 21 heavy (non-hydrogen) atoms. The molecule has 1 aliphatic heterocycles. The first kappa shape index (κ1) is 14.7. The molecule has 5 heteroatoms. The summed E-state index contributed by atoms with van der Waals surface area (Å²) < 4.78 is 13.9. The van der Waals surface area contributed by atoms with E-state index in [0.29, 0.717) is 6.42 Å². The van der Waals surface area contributed by atoms with Crippen LogP contribution in [0, 0.1) is 5.82 Å². The zero-order chi connectivity index (χ0) is 15.0. The molecule has 2 aromatic carbocycles. The fraction of sp³-hybridized carbons (Fsp3) is 0.188. The van der Waals surface area contributed by atoms with Crippen molar-refractivity contribution in [2.24, 2.45) is 0 Å². The van der Waals surface area contributed by atoms with Crippen molar-refractivity contribution in [3.8, 4) is 0 Å². The molecule has 0 saturated carbocycles. The molecule has 0 radical (unpaired) electrons. The summed E-state index contributed by atoms with van der Waals surface area (Å²) in [6.45, 7) is 0. The highest BCUT2D eigenvalue weighted by Crippen LogP contribution is 2.37. The summed E-state index contributed by atoms with van der Waals surface area (Å²) in [6, 6.07) is 10.7. The lowest BCUT2D eigenvalue weighted by Gasteiger charge is -2.20. The van der Waals surface area contributed by atoms with Gasteiger partial charge in [0.25, 0.3) is 0 Å². The molecule has 0 aromatic heterocycles. The summed E-state index contributed by atoms with van der Waals surface area (Å²) in [4.78, 5) is 11.3. The van der Waals surface area contributed by atoms with Crippen molar-refractivity contribution in [1.82, 2.24) is 0 Å². The average molecular weight is 413 g/mol. The van der Waals surface area contributed by atoms with Crippen molar-refractivity contribution >= 4 is 43.5 Å². The summed E-state index contributed by atoms with van der Waals surface area (Å²) in [5.41, 5.74) is 4.07. The standard InChI is InChI=1S/C16H12Br2FNO/c17-13-8-11(19)3-4-12(13)16(18)10-1-5-14-9(7-10)2-6-15(21)20-14/h1,3-5,7-8,16H,2,6H2,(H,20,21). The Morgan fingerprint density at radius 2 is 1.95 bits per heavy atom. The number of aryl methyl sites for hydroxylation is 1. The molecular weight excluding hydrogens is 401 g/mol. The monoisotopic (exact) mass is 411 g/mol. The molecule has 3 rings (SSSR count). The molecule has 0 aliphatic carbocycles. The Hall–Kier alpha value is -1.20. The van der Waals surface area contributed by atoms with E-state index in [4.69, 9.17) is 0 Å². The Balaban J connectivity index is 1.95. The highest BCUT2D eigenvalue weighted by molar-refractivity contribution is 9.11. The topological polar surface area (TPSA) is 29.1 Å². The number of anilines is 1. The van der Waals surface area contributed by atoms with Crippen LogP contribution in [0.1, 0.15) is 27.9 Å². The second-order valence-electron chi connectivity index (χ2n) is 4.99. The van der Waals surface area contributed by atoms with Gasteiger partial charge in [-0.15, -0.1) is 0 Å². The number of nitrogens with one attached hydrogen (secondary N) is 1. The van der Waals surface area contributed by atoms with Crippen LogP contribution in [0.2, 0.25) is 0 Å². The van der Waals surface area contributed by atoms with Crippen LogP contribution in [0.4, 0.5) is 10.1 Å². The number of hydrogen-bond donors (Lipinski definition) is 1. The molecule has 1 unspecified atom stereocenters. The van der Waals surface area contributed by atoms with Crippen molar-refractivity contribution in [3.05, 3.63) is 63.4 Å². The predicted octanol–water partition coefficient (Wildman–Crippen LogP) is 4.96. The molecule has 0 spiro atoms. The third-order valence-electron chi connectivity index (χ3n) is 3.55. The number of alkyl halides is 1. The van der Waals surface area contributed by atoms with Crippen molar-refractivity contribution in [2.45, 2.75) is 17.7 Å². The molecule has 1 atom stereocenters. The van der Waals surface area contributed by atoms with Gasteiger partial charge in [0, 0.05) is 16.6 Å². The summed E-state index contributed by atoms with van der Waals surface area (Å²) in [5.74, 6) is -0.203. The van der Waals surface area contributed by atoms with Crippen LogP contribution in [0.5, 0.6) is 0 Å². The lowest BCUT2D eigenvalue weighted by atomic mass is 9.97. The number of benzene rings is 2. The maximum Gasteiger partial charge on any atom is 0.224 e. The molecule has 1 heterocycles. The van der Waals surface area contributed by atoms with E-state index >= 15 is 0 Å². The minimum absolute atomic E-state index is 0.0320. The van der Waals surface area contributed by atoms with Crippen LogP contribution in [0.25, 0.3) is 0 Å². The summed E-state index contributed by atoms with van der Waals surface area (Å²) >= 11 is 7.07. The van der Waals surface area contributed by atoms with Crippen LogP contribution in [-0.2, 0) is 11.2 Å². The highest BCUT2D eigenvalue weighted by Gasteiger charge is 2.19. The second-order valence-corrected chi connectivity index (χ2v) is 6.76. The number of halogens is 3. The van der Waals surface area contributed by atoms with E-state index in [1.807, 2.05) is 12.1 Å². The molecule has 0 bridgehead atoms. The molecule has 0 fully saturated rings. The van der Waals surface area contributed by atoms with Gasteiger partial charge in [0.05, 0.1) is 4.83 Å². The van der Waals surface area contributed by atoms with Crippen molar-refractivity contribution in [1.29, 1.82) is 0 Å². The van der Waals surface area contributed by atoms with Crippen molar-refractivity contribution < 1.29 is 9.18 Å². The number of carbonyl (C=O) groups is 1. The largest absolute Gasteiger partial charge is 0.326 e. The van der Waals surface area contributed by atoms with Gasteiger partial charge in [0.2, 0.25) is 5.91 Å². The van der Waals surface area contributed by atoms with Gasteiger partial charge in [-0.1, -0.05) is 50.1 Å². The molecule has 108 valence electrons. The van der Waals surface area contributed by atoms with Gasteiger partial charge < -0.3 is 5.32 Å². The third kappa shape index (κ3) is 3.04. The quantitative estimate of drug-likeness (QED) is 0.694. The van der Waals surface area contributed by atoms with E-state index in [-0.39, 0.29) is 16.6 Å². The third-order valence-corrected chi connectivity index (χ3v) is 5.26. The number of fused-ring (bicyclic) bond motifs is 1. The van der Waals surface area contributed by atoms with E-state index in [9.17, 15) is 9.18 Å². The Morgan fingerprint density at radius 1 is 1.14 bits per heavy atom. The number of hydrogen-bond acceptors (Lipinski definition) is 1. The van der Waals surface area contributed by atoms with E-state index in [0.717, 1.165) is 33.3 Å². The number of rotatable bonds is 2. The zero-order valence-electron chi connectivity index (χ0n) is 11.0. The fourth-order valence-electron chi connectivity index (χ4n) is 2.45. The summed E-state index contributed by atoms with van der Waals surface area (Å²) in [5, 5.41) is 2.87. The smallest absolute Gasteiger partial charge is 0.224 e. The second kappa shape index (κ2) is 5.89. The van der Waals surface area contributed by atoms with Gasteiger partial charge in [0.15, 0.2) is 0 Å². The lowest BCUT2D eigenvalue weighted by molar-refractivity contribution is -0.116. The maximum absolute atomic E-state index is 13.2.